The molecule has 0 radical (unpaired) electrons. The minimum absolute atomic E-state index is 0.0129. The largest absolute Gasteiger partial charge is 0.507 e. The Balaban J connectivity index is 0.000000891. The van der Waals surface area contributed by atoms with Crippen LogP contribution < -0.4 is 9.47 Å². The van der Waals surface area contributed by atoms with Gasteiger partial charge in [0.1, 0.15) is 17.2 Å². The summed E-state index contributed by atoms with van der Waals surface area (Å²) in [6.07, 6.45) is 15.4. The number of phenols is 5. The first-order valence-electron chi connectivity index (χ1n) is 20.9. The fourth-order valence-electron chi connectivity index (χ4n) is 4.89. The van der Waals surface area contributed by atoms with E-state index in [2.05, 4.69) is 19.7 Å². The SMILES string of the molecule is C=CC(=O)OCCCCCCCl.C=CC(=O)OCCCCCCOc1cc(O)c(C=O)cc1O.C=CC(=O)OCCCCCCOc1ccc(C(=O)O)cc1.O=Cc1cc(O)c(O)cc1O. The van der Waals surface area contributed by atoms with E-state index in [1.54, 1.807) is 12.1 Å². The molecule has 0 saturated heterocycles. The smallest absolute Gasteiger partial charge is 0.335 e. The number of benzene rings is 3. The Kier molecular flexibility index (Phi) is 33.4. The third kappa shape index (κ3) is 28.6. The molecule has 0 spiro atoms. The molecular formula is C48H61ClO17. The number of carboxylic acids is 1. The van der Waals surface area contributed by atoms with Crippen molar-refractivity contribution in [2.45, 2.75) is 77.0 Å². The molecule has 362 valence electrons. The first-order valence-corrected chi connectivity index (χ1v) is 21.4. The molecule has 3 rings (SSSR count). The van der Waals surface area contributed by atoms with Gasteiger partial charge in [0.2, 0.25) is 0 Å². The number of carbonyl (C=O) groups is 6. The highest BCUT2D eigenvalue weighted by molar-refractivity contribution is 6.17. The molecule has 66 heavy (non-hydrogen) atoms. The molecule has 18 heteroatoms. The van der Waals surface area contributed by atoms with E-state index in [4.69, 9.17) is 55.7 Å². The van der Waals surface area contributed by atoms with E-state index in [-0.39, 0.29) is 51.6 Å². The van der Waals surface area contributed by atoms with Crippen LogP contribution in [0.5, 0.6) is 40.2 Å². The number of ether oxygens (including phenoxy) is 5. The number of carboxylic acid groups (broad SMARTS) is 1. The van der Waals surface area contributed by atoms with Gasteiger partial charge in [-0.1, -0.05) is 32.6 Å². The molecule has 0 aromatic heterocycles. The van der Waals surface area contributed by atoms with Crippen molar-refractivity contribution in [3.8, 4) is 40.2 Å². The van der Waals surface area contributed by atoms with Crippen molar-refractivity contribution in [2.75, 3.05) is 38.9 Å². The van der Waals surface area contributed by atoms with Crippen LogP contribution >= 0.6 is 11.6 Å². The first-order chi connectivity index (χ1) is 31.7. The van der Waals surface area contributed by atoms with Crippen LogP contribution in [0.4, 0.5) is 0 Å². The fourth-order valence-corrected chi connectivity index (χ4v) is 5.08. The first kappa shape index (κ1) is 59.0. The van der Waals surface area contributed by atoms with Crippen molar-refractivity contribution in [2.24, 2.45) is 0 Å². The molecular weight excluding hydrogens is 884 g/mol. The highest BCUT2D eigenvalue weighted by Gasteiger charge is 2.10. The highest BCUT2D eigenvalue weighted by Crippen LogP contribution is 2.33. The maximum absolute atomic E-state index is 10.8. The summed E-state index contributed by atoms with van der Waals surface area (Å²) in [5, 5.41) is 54.5. The van der Waals surface area contributed by atoms with Crippen molar-refractivity contribution in [1.82, 2.24) is 0 Å². The maximum atomic E-state index is 10.8. The number of hydrogen-bond acceptors (Lipinski definition) is 16. The number of aromatic carboxylic acids is 1. The molecule has 0 aliphatic rings. The second kappa shape index (κ2) is 37.4. The third-order valence-electron chi connectivity index (χ3n) is 8.45. The Bertz CT molecular complexity index is 1950. The van der Waals surface area contributed by atoms with Crippen molar-refractivity contribution in [3.63, 3.8) is 0 Å². The molecule has 3 aromatic rings. The standard InChI is InChI=1S/C16H20O6.C16H20O5.C9H15ClO2.C7H6O4/c1-2-16(20)22-8-6-4-3-5-7-21-15-10-13(18)12(11-17)9-14(15)19;1-2-15(17)21-12-6-4-3-5-11-20-14-9-7-13(8-10-14)16(18)19;1-2-9(11)12-8-6-4-3-5-7-10;8-3-4-1-6(10)7(11)2-5(4)9/h2,9-11,18-19H,1,3-8H2;2,7-10H,1,3-6,11-12H2,(H,18,19);2H,1,3-8H2;1-3,9-11H. The highest BCUT2D eigenvalue weighted by atomic mass is 35.5. The zero-order valence-electron chi connectivity index (χ0n) is 36.9. The van der Waals surface area contributed by atoms with Gasteiger partial charge in [-0.2, -0.15) is 0 Å². The molecule has 0 amide bonds. The van der Waals surface area contributed by atoms with E-state index in [1.165, 1.54) is 24.3 Å². The summed E-state index contributed by atoms with van der Waals surface area (Å²) in [5.74, 6) is -2.21. The summed E-state index contributed by atoms with van der Waals surface area (Å²) in [6.45, 7) is 12.2. The van der Waals surface area contributed by atoms with E-state index in [1.807, 2.05) is 0 Å². The maximum Gasteiger partial charge on any atom is 0.335 e. The zero-order chi connectivity index (χ0) is 49.5. The lowest BCUT2D eigenvalue weighted by molar-refractivity contribution is -0.138. The summed E-state index contributed by atoms with van der Waals surface area (Å²) in [7, 11) is 0. The van der Waals surface area contributed by atoms with E-state index in [0.29, 0.717) is 57.2 Å². The van der Waals surface area contributed by atoms with Gasteiger partial charge in [0.15, 0.2) is 35.6 Å². The van der Waals surface area contributed by atoms with Crippen LogP contribution in [0, 0.1) is 0 Å². The molecule has 0 fully saturated rings. The van der Waals surface area contributed by atoms with Crippen LogP contribution in [0.25, 0.3) is 0 Å². The van der Waals surface area contributed by atoms with Crippen LogP contribution in [0.2, 0.25) is 0 Å². The van der Waals surface area contributed by atoms with Gasteiger partial charge in [0, 0.05) is 36.2 Å². The van der Waals surface area contributed by atoms with Gasteiger partial charge < -0.3 is 54.3 Å². The van der Waals surface area contributed by atoms with Gasteiger partial charge in [-0.15, -0.1) is 11.6 Å². The Morgan fingerprint density at radius 1 is 0.485 bits per heavy atom. The number of unbranched alkanes of at least 4 members (excludes halogenated alkanes) is 9. The third-order valence-corrected chi connectivity index (χ3v) is 8.72. The average Bonchev–Trinajstić information content (AvgIpc) is 3.31. The minimum atomic E-state index is -0.946. The van der Waals surface area contributed by atoms with Crippen molar-refractivity contribution < 1.29 is 83.1 Å². The van der Waals surface area contributed by atoms with Gasteiger partial charge in [-0.25, -0.2) is 19.2 Å². The molecule has 17 nitrogen and oxygen atoms in total. The summed E-state index contributed by atoms with van der Waals surface area (Å²) in [5.41, 5.74) is 0.204. The minimum Gasteiger partial charge on any atom is -0.507 e. The Morgan fingerprint density at radius 3 is 1.27 bits per heavy atom. The number of hydrogen-bond donors (Lipinski definition) is 6. The van der Waals surface area contributed by atoms with Crippen molar-refractivity contribution in [1.29, 1.82) is 0 Å². The second-order valence-electron chi connectivity index (χ2n) is 13.6. The summed E-state index contributed by atoms with van der Waals surface area (Å²) < 4.78 is 25.3. The zero-order valence-corrected chi connectivity index (χ0v) is 37.7. The van der Waals surface area contributed by atoms with Gasteiger partial charge >= 0.3 is 23.9 Å². The number of alkyl halides is 1. The number of rotatable bonds is 28. The van der Waals surface area contributed by atoms with Crippen LogP contribution in [-0.2, 0) is 28.6 Å². The van der Waals surface area contributed by atoms with E-state index >= 15 is 0 Å². The molecule has 0 aliphatic carbocycles. The van der Waals surface area contributed by atoms with Gasteiger partial charge in [0.05, 0.1) is 49.7 Å². The lowest BCUT2D eigenvalue weighted by Gasteiger charge is -2.09. The normalized spacial score (nSPS) is 9.77. The number of aldehydes is 2. The fraction of sp³-hybridized carbons (Fsp3) is 0.375. The van der Waals surface area contributed by atoms with Gasteiger partial charge in [-0.3, -0.25) is 9.59 Å². The molecule has 6 N–H and O–H groups in total. The lowest BCUT2D eigenvalue weighted by Crippen LogP contribution is -2.02. The predicted molar refractivity (Wildman–Crippen MR) is 246 cm³/mol. The number of carbonyl (C=O) groups excluding carboxylic acids is 5. The summed E-state index contributed by atoms with van der Waals surface area (Å²) in [6, 6.07) is 10.6. The van der Waals surface area contributed by atoms with Crippen LogP contribution in [0.1, 0.15) is 108 Å². The number of esters is 3. The monoisotopic (exact) mass is 944 g/mol. The lowest BCUT2D eigenvalue weighted by atomic mass is 10.2. The Labute approximate surface area is 389 Å². The molecule has 3 aromatic carbocycles. The average molecular weight is 945 g/mol. The van der Waals surface area contributed by atoms with E-state index in [9.17, 15) is 39.0 Å². The summed E-state index contributed by atoms with van der Waals surface area (Å²) in [4.78, 5) is 63.5. The summed E-state index contributed by atoms with van der Waals surface area (Å²) >= 11 is 5.49. The van der Waals surface area contributed by atoms with Crippen LogP contribution in [-0.4, -0.2) is 106 Å². The Morgan fingerprint density at radius 2 is 0.864 bits per heavy atom. The van der Waals surface area contributed by atoms with Gasteiger partial charge in [-0.05, 0) is 101 Å². The van der Waals surface area contributed by atoms with Gasteiger partial charge in [0.25, 0.3) is 0 Å². The van der Waals surface area contributed by atoms with E-state index < -0.39 is 23.4 Å². The topological polar surface area (TPSA) is 270 Å². The number of phenolic OH excluding ortho intramolecular Hbond substituents is 5. The molecule has 0 saturated carbocycles. The number of halogens is 1. The second-order valence-corrected chi connectivity index (χ2v) is 14.0. The van der Waals surface area contributed by atoms with Crippen molar-refractivity contribution >= 4 is 48.1 Å². The molecule has 0 unspecified atom stereocenters. The molecule has 0 bridgehead atoms. The predicted octanol–water partition coefficient (Wildman–Crippen LogP) is 8.76. The molecule has 0 atom stereocenters. The van der Waals surface area contributed by atoms with Crippen molar-refractivity contribution in [3.05, 3.63) is 103 Å². The van der Waals surface area contributed by atoms with Crippen LogP contribution in [0.3, 0.4) is 0 Å². The number of aromatic hydroxyl groups is 5. The van der Waals surface area contributed by atoms with E-state index in [0.717, 1.165) is 107 Å². The van der Waals surface area contributed by atoms with Crippen LogP contribution in [0.15, 0.2) is 86.5 Å². The molecule has 0 aliphatic heterocycles. The Hall–Kier alpha value is -7.01. The molecule has 0 heterocycles. The quantitative estimate of drug-likeness (QED) is 0.00580.